The van der Waals surface area contributed by atoms with Crippen molar-refractivity contribution in [1.29, 1.82) is 0 Å². The zero-order valence-electron chi connectivity index (χ0n) is 26.4. The van der Waals surface area contributed by atoms with Gasteiger partial charge in [0.15, 0.2) is 11.6 Å². The van der Waals surface area contributed by atoms with E-state index in [1.165, 1.54) is 0 Å². The van der Waals surface area contributed by atoms with Crippen molar-refractivity contribution >= 4 is 67.8 Å². The minimum Gasteiger partial charge on any atom is -0.370 e. The molecule has 3 heterocycles. The average molecular weight is 641 g/mol. The molecule has 0 bridgehead atoms. The van der Waals surface area contributed by atoms with E-state index in [0.717, 1.165) is 44.0 Å². The molecule has 0 aliphatic carbocycles. The lowest BCUT2D eigenvalue weighted by Crippen LogP contribution is -2.28. The first kappa shape index (κ1) is 28.8. The van der Waals surface area contributed by atoms with Gasteiger partial charge in [-0.25, -0.2) is 9.97 Å². The number of nitrogens with zero attached hydrogens (tertiary/aromatic N) is 8. The summed E-state index contributed by atoms with van der Waals surface area (Å²) in [6.07, 6.45) is 0. The van der Waals surface area contributed by atoms with Crippen LogP contribution in [0.4, 0.5) is 46.3 Å². The van der Waals surface area contributed by atoms with Crippen LogP contribution in [-0.4, -0.2) is 19.9 Å². The molecule has 232 valence electrons. The van der Waals surface area contributed by atoms with Crippen LogP contribution in [0, 0.1) is 13.1 Å². The van der Waals surface area contributed by atoms with E-state index in [-0.39, 0.29) is 11.6 Å². The van der Waals surface area contributed by atoms with Gasteiger partial charge in [-0.05, 0) is 22.9 Å². The Labute approximate surface area is 287 Å². The van der Waals surface area contributed by atoms with E-state index < -0.39 is 0 Å². The molecule has 0 saturated carbocycles. The van der Waals surface area contributed by atoms with Crippen LogP contribution >= 0.6 is 0 Å². The van der Waals surface area contributed by atoms with E-state index in [0.29, 0.717) is 34.7 Å². The van der Waals surface area contributed by atoms with Crippen LogP contribution in [-0.2, 0) is 0 Å². The quantitative estimate of drug-likeness (QED) is 0.178. The molecule has 0 saturated heterocycles. The highest BCUT2D eigenvalue weighted by Gasteiger charge is 2.43. The number of aromatic nitrogens is 4. The molecule has 50 heavy (non-hydrogen) atoms. The molecule has 0 N–H and O–H groups in total. The van der Waals surface area contributed by atoms with Crippen LogP contribution in [0.15, 0.2) is 146 Å². The summed E-state index contributed by atoms with van der Waals surface area (Å²) in [7, 11) is 0. The van der Waals surface area contributed by atoms with Gasteiger partial charge in [0.1, 0.15) is 0 Å². The lowest BCUT2D eigenvalue weighted by atomic mass is 10.0. The Morgan fingerprint density at radius 2 is 0.740 bits per heavy atom. The van der Waals surface area contributed by atoms with E-state index in [1.54, 1.807) is 0 Å². The van der Waals surface area contributed by atoms with Crippen LogP contribution in [0.2, 0.25) is 0 Å². The summed E-state index contributed by atoms with van der Waals surface area (Å²) < 4.78 is 0. The Morgan fingerprint density at radius 3 is 1.16 bits per heavy atom. The van der Waals surface area contributed by atoms with E-state index in [1.807, 2.05) is 119 Å². The third kappa shape index (κ3) is 4.52. The average Bonchev–Trinajstić information content (AvgIpc) is 3.19. The Morgan fingerprint density at radius 1 is 0.380 bits per heavy atom. The molecule has 2 aromatic heterocycles. The maximum atomic E-state index is 7.96. The molecule has 1 aliphatic rings. The van der Waals surface area contributed by atoms with Crippen molar-refractivity contribution < 1.29 is 0 Å². The highest BCUT2D eigenvalue weighted by atomic mass is 15.4. The highest BCUT2D eigenvalue weighted by molar-refractivity contribution is 6.08. The maximum Gasteiger partial charge on any atom is 0.300 e. The largest absolute Gasteiger partial charge is 0.370 e. The summed E-state index contributed by atoms with van der Waals surface area (Å²) >= 11 is 0. The Bertz CT molecular complexity index is 2500. The normalized spacial score (nSPS) is 11.9. The summed E-state index contributed by atoms with van der Waals surface area (Å²) in [5, 5.41) is 3.97. The number of rotatable bonds is 4. The molecule has 0 atom stereocenters. The maximum absolute atomic E-state index is 7.96. The standard InChI is InChI=1S/C42H24N8/c1-43-37-38(44-2)48-42-41(47-37)49(33-25-13-21-27-15-9-11-23-31(27)33)39-40(50(42)34-26-14-22-28-16-10-12-24-32(28)34)46-36(30-19-7-4-8-20-30)35(45-39)29-17-5-3-6-18-29/h3-26H. The van der Waals surface area contributed by atoms with E-state index in [4.69, 9.17) is 33.1 Å². The number of anilines is 6. The van der Waals surface area contributed by atoms with Gasteiger partial charge < -0.3 is 9.69 Å². The summed E-state index contributed by atoms with van der Waals surface area (Å²) in [6.45, 7) is 15.9. The minimum absolute atomic E-state index is 0.0811. The molecule has 8 nitrogen and oxygen atoms in total. The predicted molar refractivity (Wildman–Crippen MR) is 199 cm³/mol. The summed E-state index contributed by atoms with van der Waals surface area (Å²) in [4.78, 5) is 31.9. The fraction of sp³-hybridized carbons (Fsp3) is 0. The van der Waals surface area contributed by atoms with Gasteiger partial charge in [-0.2, -0.15) is 0 Å². The topological polar surface area (TPSA) is 66.8 Å². The molecule has 0 unspecified atom stereocenters. The van der Waals surface area contributed by atoms with Gasteiger partial charge in [-0.3, -0.25) is 9.80 Å². The van der Waals surface area contributed by atoms with Gasteiger partial charge in [-0.1, -0.05) is 147 Å². The second kappa shape index (κ2) is 11.7. The van der Waals surface area contributed by atoms with E-state index in [2.05, 4.69) is 46.1 Å². The molecule has 8 aromatic rings. The SMILES string of the molecule is [C-]#[N+]c1nc2c(nc1[N+]#[C-])N(c1cccc3ccccc13)c1nc(-c3ccccc3)c(-c3ccccc3)nc1N2c1cccc2ccccc12. The monoisotopic (exact) mass is 640 g/mol. The lowest BCUT2D eigenvalue weighted by Gasteiger charge is -2.35. The summed E-state index contributed by atoms with van der Waals surface area (Å²) in [6, 6.07) is 48.4. The van der Waals surface area contributed by atoms with Gasteiger partial charge in [0, 0.05) is 21.9 Å². The third-order valence-corrected chi connectivity index (χ3v) is 8.85. The number of benzene rings is 6. The van der Waals surface area contributed by atoms with Crippen LogP contribution in [0.3, 0.4) is 0 Å². The molecule has 0 radical (unpaired) electrons. The van der Waals surface area contributed by atoms with Crippen molar-refractivity contribution in [2.24, 2.45) is 0 Å². The van der Waals surface area contributed by atoms with Crippen LogP contribution in [0.5, 0.6) is 0 Å². The second-order valence-corrected chi connectivity index (χ2v) is 11.7. The molecule has 8 heteroatoms. The molecule has 1 aliphatic heterocycles. The van der Waals surface area contributed by atoms with Gasteiger partial charge in [-0.15, -0.1) is 9.97 Å². The first-order valence-corrected chi connectivity index (χ1v) is 16.0. The van der Waals surface area contributed by atoms with Crippen LogP contribution in [0.1, 0.15) is 0 Å². The molecule has 6 aromatic carbocycles. The Hall–Kier alpha value is -7.42. The number of hydrogen-bond acceptors (Lipinski definition) is 6. The highest BCUT2D eigenvalue weighted by Crippen LogP contribution is 2.55. The number of fused-ring (bicyclic) bond motifs is 4. The molecule has 9 rings (SSSR count). The minimum atomic E-state index is -0.0811. The lowest BCUT2D eigenvalue weighted by molar-refractivity contribution is 1.01. The van der Waals surface area contributed by atoms with Crippen molar-refractivity contribution in [3.8, 4) is 22.5 Å². The van der Waals surface area contributed by atoms with Crippen molar-refractivity contribution in [2.45, 2.75) is 0 Å². The number of hydrogen-bond donors (Lipinski definition) is 0. The van der Waals surface area contributed by atoms with Gasteiger partial charge in [0.25, 0.3) is 11.6 Å². The summed E-state index contributed by atoms with van der Waals surface area (Å²) in [5.74, 6) is 1.62. The summed E-state index contributed by atoms with van der Waals surface area (Å²) in [5.41, 5.74) is 4.78. The van der Waals surface area contributed by atoms with Gasteiger partial charge >= 0.3 is 11.6 Å². The Kier molecular flexibility index (Phi) is 6.72. The zero-order chi connectivity index (χ0) is 33.6. The fourth-order valence-corrected chi connectivity index (χ4v) is 6.63. The van der Waals surface area contributed by atoms with Crippen molar-refractivity contribution in [3.05, 3.63) is 168 Å². The first-order valence-electron chi connectivity index (χ1n) is 16.0. The van der Waals surface area contributed by atoms with Crippen LogP contribution in [0.25, 0.3) is 53.7 Å². The zero-order valence-corrected chi connectivity index (χ0v) is 26.4. The van der Waals surface area contributed by atoms with Crippen molar-refractivity contribution in [3.63, 3.8) is 0 Å². The van der Waals surface area contributed by atoms with E-state index >= 15 is 0 Å². The molecule has 0 spiro atoms. The van der Waals surface area contributed by atoms with E-state index in [9.17, 15) is 0 Å². The predicted octanol–water partition coefficient (Wildman–Crippen LogP) is 11.3. The fourth-order valence-electron chi connectivity index (χ4n) is 6.63. The second-order valence-electron chi connectivity index (χ2n) is 11.7. The molecule has 0 fully saturated rings. The third-order valence-electron chi connectivity index (χ3n) is 8.85. The van der Waals surface area contributed by atoms with Crippen molar-refractivity contribution in [1.82, 2.24) is 19.9 Å². The van der Waals surface area contributed by atoms with Gasteiger partial charge in [0.2, 0.25) is 0 Å². The molecule has 0 amide bonds. The van der Waals surface area contributed by atoms with Gasteiger partial charge in [0.05, 0.1) is 22.8 Å². The first-order chi connectivity index (χ1) is 24.7. The van der Waals surface area contributed by atoms with Crippen molar-refractivity contribution in [2.75, 3.05) is 9.80 Å². The van der Waals surface area contributed by atoms with Crippen LogP contribution < -0.4 is 9.80 Å². The Balaban J connectivity index is 1.47. The smallest absolute Gasteiger partial charge is 0.300 e. The molecular weight excluding hydrogens is 617 g/mol. The molecular formula is C42H24N8.